The highest BCUT2D eigenvalue weighted by atomic mass is 19.1. The van der Waals surface area contributed by atoms with Crippen molar-refractivity contribution in [2.45, 2.75) is 6.42 Å². The molecule has 0 saturated heterocycles. The third-order valence-corrected chi connectivity index (χ3v) is 2.07. The molecular weight excluding hydrogens is 246 g/mol. The maximum Gasteiger partial charge on any atom is 0.404 e. The first kappa shape index (κ1) is 13.9. The Hall–Kier alpha value is -2.18. The largest absolute Gasteiger partial charge is 0.448 e. The molecule has 0 unspecified atom stereocenters. The molecule has 3 N–H and O–H groups in total. The molecule has 0 radical (unpaired) electrons. The molecule has 1 rings (SSSR count). The molecule has 0 saturated carbocycles. The third kappa shape index (κ3) is 4.36. The number of carbonyl (C=O) groups excluding carboxylic acids is 2. The van der Waals surface area contributed by atoms with Gasteiger partial charge in [0, 0.05) is 5.56 Å². The van der Waals surface area contributed by atoms with Gasteiger partial charge >= 0.3 is 6.09 Å². The predicted molar refractivity (Wildman–Crippen MR) is 58.6 cm³/mol. The Labute approximate surface area is 102 Å². The molecule has 2 amide bonds. The maximum atomic E-state index is 13.2. The summed E-state index contributed by atoms with van der Waals surface area (Å²) in [7, 11) is 0. The van der Waals surface area contributed by atoms with Crippen LogP contribution in [0.15, 0.2) is 18.2 Å². The summed E-state index contributed by atoms with van der Waals surface area (Å²) >= 11 is 0. The van der Waals surface area contributed by atoms with Crippen LogP contribution in [0.5, 0.6) is 0 Å². The molecule has 0 aliphatic carbocycles. The normalized spacial score (nSPS) is 9.89. The number of nitrogens with two attached hydrogens (primary N) is 1. The van der Waals surface area contributed by atoms with E-state index in [-0.39, 0.29) is 18.7 Å². The van der Waals surface area contributed by atoms with Crippen molar-refractivity contribution in [3.8, 4) is 0 Å². The van der Waals surface area contributed by atoms with Gasteiger partial charge in [-0.2, -0.15) is 0 Å². The van der Waals surface area contributed by atoms with Crippen molar-refractivity contribution in [2.75, 3.05) is 13.2 Å². The van der Waals surface area contributed by atoms with Crippen molar-refractivity contribution in [3.05, 3.63) is 35.4 Å². The number of benzene rings is 1. The molecule has 0 bridgehead atoms. The van der Waals surface area contributed by atoms with E-state index in [0.29, 0.717) is 0 Å². The summed E-state index contributed by atoms with van der Waals surface area (Å²) in [5, 5.41) is 2.34. The van der Waals surface area contributed by atoms with Gasteiger partial charge in [0.25, 0.3) is 0 Å². The second kappa shape index (κ2) is 6.53. The lowest BCUT2D eigenvalue weighted by Crippen LogP contribution is -2.30. The molecule has 7 heteroatoms. The Kier molecular flexibility index (Phi) is 5.04. The van der Waals surface area contributed by atoms with Crippen LogP contribution in [-0.2, 0) is 16.0 Å². The van der Waals surface area contributed by atoms with Crippen LogP contribution < -0.4 is 11.1 Å². The summed E-state index contributed by atoms with van der Waals surface area (Å²) in [5.41, 5.74) is 4.40. The second-order valence-corrected chi connectivity index (χ2v) is 3.39. The summed E-state index contributed by atoms with van der Waals surface area (Å²) in [4.78, 5) is 21.6. The molecule has 5 nitrogen and oxygen atoms in total. The van der Waals surface area contributed by atoms with E-state index in [2.05, 4.69) is 10.1 Å². The minimum atomic E-state index is -0.954. The Morgan fingerprint density at radius 3 is 2.44 bits per heavy atom. The first-order valence-electron chi connectivity index (χ1n) is 5.12. The number of amides is 2. The van der Waals surface area contributed by atoms with Gasteiger partial charge in [0.1, 0.15) is 18.2 Å². The van der Waals surface area contributed by atoms with Crippen molar-refractivity contribution in [3.63, 3.8) is 0 Å². The average molecular weight is 258 g/mol. The van der Waals surface area contributed by atoms with Gasteiger partial charge in [0.15, 0.2) is 0 Å². The molecule has 98 valence electrons. The summed E-state index contributed by atoms with van der Waals surface area (Å²) in [5.74, 6) is -2.14. The Morgan fingerprint density at radius 1 is 1.28 bits per heavy atom. The molecule has 0 aliphatic heterocycles. The van der Waals surface area contributed by atoms with Gasteiger partial charge in [-0.25, -0.2) is 13.6 Å². The van der Waals surface area contributed by atoms with E-state index in [1.54, 1.807) is 0 Å². The lowest BCUT2D eigenvalue weighted by Gasteiger charge is -2.06. The molecule has 1 aromatic carbocycles. The fraction of sp³-hybridized carbons (Fsp3) is 0.273. The number of halogens is 2. The van der Waals surface area contributed by atoms with Gasteiger partial charge in [-0.3, -0.25) is 4.79 Å². The standard InChI is InChI=1S/C11H12F2N2O3/c12-8-2-1-3-9(13)7(8)6-10(16)15-4-5-18-11(14)17/h1-3H,4-6H2,(H2,14,17)(H,15,16). The van der Waals surface area contributed by atoms with Crippen LogP contribution in [-0.4, -0.2) is 25.2 Å². The summed E-state index contributed by atoms with van der Waals surface area (Å²) in [6.07, 6.45) is -1.38. The van der Waals surface area contributed by atoms with E-state index >= 15 is 0 Å². The van der Waals surface area contributed by atoms with Crippen molar-refractivity contribution in [2.24, 2.45) is 5.73 Å². The fourth-order valence-corrected chi connectivity index (χ4v) is 1.27. The highest BCUT2D eigenvalue weighted by molar-refractivity contribution is 5.78. The number of rotatable bonds is 5. The van der Waals surface area contributed by atoms with E-state index in [4.69, 9.17) is 5.73 Å². The van der Waals surface area contributed by atoms with Crippen LogP contribution in [0.3, 0.4) is 0 Å². The number of hydrogen-bond donors (Lipinski definition) is 2. The monoisotopic (exact) mass is 258 g/mol. The van der Waals surface area contributed by atoms with Crippen molar-refractivity contribution >= 4 is 12.0 Å². The SMILES string of the molecule is NC(=O)OCCNC(=O)Cc1c(F)cccc1F. The molecule has 0 atom stereocenters. The molecule has 0 heterocycles. The van der Waals surface area contributed by atoms with Crippen molar-refractivity contribution in [1.29, 1.82) is 0 Å². The first-order chi connectivity index (χ1) is 8.50. The van der Waals surface area contributed by atoms with Gasteiger partial charge in [-0.1, -0.05) is 6.07 Å². The molecule has 0 fully saturated rings. The number of nitrogens with one attached hydrogen (secondary N) is 1. The van der Waals surface area contributed by atoms with E-state index < -0.39 is 30.1 Å². The number of ether oxygens (including phenoxy) is 1. The molecule has 0 aliphatic rings. The van der Waals surface area contributed by atoms with Crippen LogP contribution in [0.25, 0.3) is 0 Å². The van der Waals surface area contributed by atoms with Gasteiger partial charge in [-0.05, 0) is 12.1 Å². The topological polar surface area (TPSA) is 81.4 Å². The number of primary amides is 1. The second-order valence-electron chi connectivity index (χ2n) is 3.39. The lowest BCUT2D eigenvalue weighted by molar-refractivity contribution is -0.120. The van der Waals surface area contributed by atoms with Crippen LogP contribution in [0.4, 0.5) is 13.6 Å². The van der Waals surface area contributed by atoms with Crippen LogP contribution in [0.1, 0.15) is 5.56 Å². The first-order valence-corrected chi connectivity index (χ1v) is 5.12. The predicted octanol–water partition coefficient (Wildman–Crippen LogP) is 0.719. The quantitative estimate of drug-likeness (QED) is 0.763. The number of hydrogen-bond acceptors (Lipinski definition) is 3. The summed E-state index contributed by atoms with van der Waals surface area (Å²) in [6.45, 7) is -0.0708. The van der Waals surface area contributed by atoms with Gasteiger partial charge in [-0.15, -0.1) is 0 Å². The molecule has 18 heavy (non-hydrogen) atoms. The average Bonchev–Trinajstić information content (AvgIpc) is 2.29. The summed E-state index contributed by atoms with van der Waals surface area (Å²) < 4.78 is 30.8. The lowest BCUT2D eigenvalue weighted by atomic mass is 10.1. The fourth-order valence-electron chi connectivity index (χ4n) is 1.27. The zero-order valence-electron chi connectivity index (χ0n) is 9.41. The summed E-state index contributed by atoms with van der Waals surface area (Å²) in [6, 6.07) is 3.36. The van der Waals surface area contributed by atoms with Crippen molar-refractivity contribution < 1.29 is 23.1 Å². The Bertz CT molecular complexity index is 432. The van der Waals surface area contributed by atoms with E-state index in [9.17, 15) is 18.4 Å². The van der Waals surface area contributed by atoms with Gasteiger partial charge in [0.05, 0.1) is 13.0 Å². The highest BCUT2D eigenvalue weighted by Gasteiger charge is 2.12. The van der Waals surface area contributed by atoms with Gasteiger partial charge < -0.3 is 15.8 Å². The minimum Gasteiger partial charge on any atom is -0.448 e. The van der Waals surface area contributed by atoms with E-state index in [1.165, 1.54) is 6.07 Å². The van der Waals surface area contributed by atoms with E-state index in [1.807, 2.05) is 0 Å². The van der Waals surface area contributed by atoms with Crippen molar-refractivity contribution in [1.82, 2.24) is 5.32 Å². The Balaban J connectivity index is 2.43. The highest BCUT2D eigenvalue weighted by Crippen LogP contribution is 2.12. The maximum absolute atomic E-state index is 13.2. The zero-order valence-corrected chi connectivity index (χ0v) is 9.41. The molecular formula is C11H12F2N2O3. The van der Waals surface area contributed by atoms with Crippen LogP contribution >= 0.6 is 0 Å². The molecule has 0 aromatic heterocycles. The molecule has 0 spiro atoms. The number of carbonyl (C=O) groups is 2. The minimum absolute atomic E-state index is 0.0256. The smallest absolute Gasteiger partial charge is 0.404 e. The van der Waals surface area contributed by atoms with Gasteiger partial charge in [0.2, 0.25) is 5.91 Å². The zero-order chi connectivity index (χ0) is 13.5. The third-order valence-electron chi connectivity index (χ3n) is 2.07. The molecule has 1 aromatic rings. The van der Waals surface area contributed by atoms with E-state index in [0.717, 1.165) is 12.1 Å². The van der Waals surface area contributed by atoms with Crippen LogP contribution in [0.2, 0.25) is 0 Å². The Morgan fingerprint density at radius 2 is 1.89 bits per heavy atom. The van der Waals surface area contributed by atoms with Crippen LogP contribution in [0, 0.1) is 11.6 Å².